The minimum Gasteiger partial charge on any atom is -0.480 e. The molecule has 0 radical (unpaired) electrons. The smallest absolute Gasteiger partial charge is 0.222 e. The Balaban J connectivity index is 2.21. The Labute approximate surface area is 166 Å². The van der Waals surface area contributed by atoms with Crippen LogP contribution in [0.4, 0.5) is 0 Å². The van der Waals surface area contributed by atoms with Gasteiger partial charge < -0.3 is 14.0 Å². The highest BCUT2D eigenvalue weighted by molar-refractivity contribution is 5.81. The van der Waals surface area contributed by atoms with Crippen molar-refractivity contribution in [1.82, 2.24) is 19.5 Å². The highest BCUT2D eigenvalue weighted by Gasteiger charge is 2.20. The zero-order valence-electron chi connectivity index (χ0n) is 17.9. The summed E-state index contributed by atoms with van der Waals surface area (Å²) in [7, 11) is 3.37. The van der Waals surface area contributed by atoms with Gasteiger partial charge in [0.05, 0.1) is 36.7 Å². The first-order chi connectivity index (χ1) is 13.4. The van der Waals surface area contributed by atoms with Crippen LogP contribution in [-0.2, 0) is 11.2 Å². The number of nitrogens with zero attached hydrogens (tertiary/aromatic N) is 4. The molecule has 0 spiro atoms. The summed E-state index contributed by atoms with van der Waals surface area (Å²) in [5.74, 6) is 0.931. The van der Waals surface area contributed by atoms with Gasteiger partial charge in [-0.25, -0.2) is 15.0 Å². The van der Waals surface area contributed by atoms with Crippen LogP contribution in [0.2, 0.25) is 0 Å². The molecule has 0 saturated carbocycles. The maximum absolute atomic E-state index is 5.61. The summed E-state index contributed by atoms with van der Waals surface area (Å²) < 4.78 is 13.1. The molecule has 0 N–H and O–H groups in total. The topological polar surface area (TPSA) is 62.1 Å². The van der Waals surface area contributed by atoms with E-state index in [0.29, 0.717) is 18.4 Å². The Morgan fingerprint density at radius 2 is 1.82 bits per heavy atom. The van der Waals surface area contributed by atoms with Gasteiger partial charge in [-0.1, -0.05) is 20.8 Å². The lowest BCUT2D eigenvalue weighted by Gasteiger charge is -2.15. The molecule has 6 heteroatoms. The van der Waals surface area contributed by atoms with Crippen molar-refractivity contribution in [3.05, 3.63) is 35.3 Å². The van der Waals surface area contributed by atoms with Gasteiger partial charge in [-0.15, -0.1) is 0 Å². The predicted molar refractivity (Wildman–Crippen MR) is 112 cm³/mol. The summed E-state index contributed by atoms with van der Waals surface area (Å²) in [6.07, 6.45) is 2.88. The Morgan fingerprint density at radius 1 is 1.07 bits per heavy atom. The predicted octanol–water partition coefficient (Wildman–Crippen LogP) is 4.70. The van der Waals surface area contributed by atoms with Crippen molar-refractivity contribution in [2.75, 3.05) is 20.8 Å². The Bertz CT molecular complexity index is 978. The number of aryl methyl sites for hydroxylation is 2. The summed E-state index contributed by atoms with van der Waals surface area (Å²) in [5.41, 5.74) is 6.57. The summed E-state index contributed by atoms with van der Waals surface area (Å²) in [6, 6.07) is 4.29. The van der Waals surface area contributed by atoms with E-state index in [1.54, 1.807) is 14.2 Å². The monoisotopic (exact) mass is 382 g/mol. The van der Waals surface area contributed by atoms with Crippen molar-refractivity contribution < 1.29 is 9.47 Å². The van der Waals surface area contributed by atoms with Crippen molar-refractivity contribution in [2.24, 2.45) is 0 Å². The highest BCUT2D eigenvalue weighted by atomic mass is 16.5. The molecule has 0 aliphatic heterocycles. The van der Waals surface area contributed by atoms with E-state index in [4.69, 9.17) is 24.4 Å². The fourth-order valence-corrected chi connectivity index (χ4v) is 3.47. The SMILES string of the molecule is CCc1nc2c(nc1-c1ccc(C(C)C)nc1OC)c(C)cn2C(C)COC. The van der Waals surface area contributed by atoms with E-state index in [2.05, 4.69) is 51.4 Å². The third kappa shape index (κ3) is 3.61. The van der Waals surface area contributed by atoms with Crippen LogP contribution in [0.5, 0.6) is 5.88 Å². The quantitative estimate of drug-likeness (QED) is 0.592. The largest absolute Gasteiger partial charge is 0.480 e. The van der Waals surface area contributed by atoms with Crippen molar-refractivity contribution >= 4 is 11.2 Å². The minimum atomic E-state index is 0.188. The number of hydrogen-bond acceptors (Lipinski definition) is 5. The van der Waals surface area contributed by atoms with Gasteiger partial charge in [0.15, 0.2) is 5.65 Å². The van der Waals surface area contributed by atoms with Crippen molar-refractivity contribution in [1.29, 1.82) is 0 Å². The zero-order chi connectivity index (χ0) is 20.4. The molecule has 1 unspecified atom stereocenters. The Kier molecular flexibility index (Phi) is 5.98. The summed E-state index contributed by atoms with van der Waals surface area (Å²) in [5, 5.41) is 0. The Morgan fingerprint density at radius 3 is 2.43 bits per heavy atom. The van der Waals surface area contributed by atoms with Crippen LogP contribution in [0, 0.1) is 6.92 Å². The molecule has 6 nitrogen and oxygen atoms in total. The molecule has 3 aromatic rings. The first-order valence-corrected chi connectivity index (χ1v) is 9.83. The van der Waals surface area contributed by atoms with Gasteiger partial charge in [0, 0.05) is 19.0 Å². The molecular formula is C22H30N4O2. The number of fused-ring (bicyclic) bond motifs is 1. The fraction of sp³-hybridized carbons (Fsp3) is 0.500. The van der Waals surface area contributed by atoms with Gasteiger partial charge in [-0.3, -0.25) is 0 Å². The molecule has 0 fully saturated rings. The lowest BCUT2D eigenvalue weighted by molar-refractivity contribution is 0.163. The molecule has 0 aliphatic rings. The van der Waals surface area contributed by atoms with Crippen LogP contribution in [0.1, 0.15) is 56.6 Å². The molecule has 3 aromatic heterocycles. The Hall–Kier alpha value is -2.47. The first kappa shape index (κ1) is 20.3. The van der Waals surface area contributed by atoms with Gasteiger partial charge in [0.2, 0.25) is 5.88 Å². The highest BCUT2D eigenvalue weighted by Crippen LogP contribution is 2.33. The molecule has 150 valence electrons. The van der Waals surface area contributed by atoms with E-state index in [1.807, 2.05) is 6.07 Å². The molecule has 0 bridgehead atoms. The van der Waals surface area contributed by atoms with E-state index >= 15 is 0 Å². The van der Waals surface area contributed by atoms with Crippen molar-refractivity contribution in [2.45, 2.75) is 53.0 Å². The number of pyridine rings is 1. The van der Waals surface area contributed by atoms with Crippen molar-refractivity contribution in [3.8, 4) is 17.1 Å². The average molecular weight is 383 g/mol. The number of rotatable bonds is 7. The standard InChI is InChI=1S/C22H30N4O2/c1-8-17-20(16-9-10-18(13(2)3)24-22(16)28-7)25-19-14(4)11-26(21(19)23-17)15(5)12-27-6/h9-11,13,15H,8,12H2,1-7H3. The van der Waals surface area contributed by atoms with Gasteiger partial charge in [0.25, 0.3) is 0 Å². The summed E-state index contributed by atoms with van der Waals surface area (Å²) in [4.78, 5) is 14.7. The number of aromatic nitrogens is 4. The second-order valence-corrected chi connectivity index (χ2v) is 7.52. The van der Waals surface area contributed by atoms with Gasteiger partial charge >= 0.3 is 0 Å². The van der Waals surface area contributed by atoms with Crippen LogP contribution in [0.25, 0.3) is 22.4 Å². The van der Waals surface area contributed by atoms with E-state index in [1.165, 1.54) is 0 Å². The van der Waals surface area contributed by atoms with E-state index in [9.17, 15) is 0 Å². The second kappa shape index (κ2) is 8.27. The molecule has 1 atom stereocenters. The van der Waals surface area contributed by atoms with Crippen molar-refractivity contribution in [3.63, 3.8) is 0 Å². The molecule has 0 aromatic carbocycles. The maximum Gasteiger partial charge on any atom is 0.222 e. The van der Waals surface area contributed by atoms with E-state index in [-0.39, 0.29) is 6.04 Å². The van der Waals surface area contributed by atoms with Crippen LogP contribution in [0.15, 0.2) is 18.3 Å². The second-order valence-electron chi connectivity index (χ2n) is 7.52. The van der Waals surface area contributed by atoms with Crippen LogP contribution >= 0.6 is 0 Å². The number of ether oxygens (including phenoxy) is 2. The van der Waals surface area contributed by atoms with Gasteiger partial charge in [0.1, 0.15) is 5.52 Å². The van der Waals surface area contributed by atoms with Crippen LogP contribution in [0.3, 0.4) is 0 Å². The lowest BCUT2D eigenvalue weighted by atomic mass is 10.1. The van der Waals surface area contributed by atoms with E-state index < -0.39 is 0 Å². The van der Waals surface area contributed by atoms with Gasteiger partial charge in [-0.2, -0.15) is 0 Å². The normalized spacial score (nSPS) is 12.7. The molecule has 0 aliphatic carbocycles. The molecule has 3 heterocycles. The minimum absolute atomic E-state index is 0.188. The molecular weight excluding hydrogens is 352 g/mol. The van der Waals surface area contributed by atoms with E-state index in [0.717, 1.165) is 45.8 Å². The average Bonchev–Trinajstić information content (AvgIpc) is 3.02. The number of hydrogen-bond donors (Lipinski definition) is 0. The molecule has 0 amide bonds. The van der Waals surface area contributed by atoms with Crippen LogP contribution < -0.4 is 4.74 Å². The fourth-order valence-electron chi connectivity index (χ4n) is 3.47. The van der Waals surface area contributed by atoms with Gasteiger partial charge in [-0.05, 0) is 43.9 Å². The maximum atomic E-state index is 5.61. The summed E-state index contributed by atoms with van der Waals surface area (Å²) >= 11 is 0. The number of methoxy groups -OCH3 is 2. The third-order valence-corrected chi connectivity index (χ3v) is 5.04. The third-order valence-electron chi connectivity index (χ3n) is 5.04. The zero-order valence-corrected chi connectivity index (χ0v) is 17.9. The molecule has 0 saturated heterocycles. The lowest BCUT2D eigenvalue weighted by Crippen LogP contribution is -2.11. The summed E-state index contributed by atoms with van der Waals surface area (Å²) in [6.45, 7) is 11.2. The van der Waals surface area contributed by atoms with Crippen LogP contribution in [-0.4, -0.2) is 40.3 Å². The first-order valence-electron chi connectivity index (χ1n) is 9.83. The molecule has 3 rings (SSSR count). The molecule has 28 heavy (non-hydrogen) atoms.